The topological polar surface area (TPSA) is 99.4 Å². The maximum absolute atomic E-state index is 10.7. The van der Waals surface area contributed by atoms with Crippen LogP contribution in [-0.2, 0) is 28.9 Å². The second kappa shape index (κ2) is 11.4. The molecule has 2 aromatic carbocycles. The molecule has 0 bridgehead atoms. The lowest BCUT2D eigenvalue weighted by Gasteiger charge is -2.41. The molecule has 1 aliphatic heterocycles. The molecule has 0 aromatic heterocycles. The van der Waals surface area contributed by atoms with Crippen LogP contribution in [0.25, 0.3) is 0 Å². The van der Waals surface area contributed by atoms with Gasteiger partial charge in [-0.05, 0) is 46.7 Å². The highest BCUT2D eigenvalue weighted by atomic mass is 35.5. The van der Waals surface area contributed by atoms with Gasteiger partial charge in [0.05, 0.1) is 19.8 Å². The van der Waals surface area contributed by atoms with Gasteiger partial charge in [-0.25, -0.2) is 0 Å². The monoisotopic (exact) mass is 462 g/mol. The van der Waals surface area contributed by atoms with Crippen LogP contribution in [0.1, 0.15) is 40.8 Å². The minimum atomic E-state index is -1.46. The van der Waals surface area contributed by atoms with Gasteiger partial charge in [0.2, 0.25) is 0 Å². The molecule has 5 atom stereocenters. The summed E-state index contributed by atoms with van der Waals surface area (Å²) in [7, 11) is 0. The lowest BCUT2D eigenvalue weighted by molar-refractivity contribution is -0.232. The number of hydrogen-bond acceptors (Lipinski definition) is 6. The fraction of sp³-hybridized carbons (Fsp3) is 0.440. The number of aryl methyl sites for hydroxylation is 1. The van der Waals surface area contributed by atoms with Gasteiger partial charge in [-0.1, -0.05) is 54.9 Å². The number of aliphatic hydroxyl groups excluding tert-OH is 4. The first-order valence-corrected chi connectivity index (χ1v) is 11.2. The Bertz CT molecular complexity index is 898. The molecule has 174 valence electrons. The SMILES string of the molecule is C=CCOCc1cc(Cl)c(Cc2ccc(CC)cc2)cc1[C@@H]1O[C@H](CO)[C@@H](O)C(O)[C@H]1O. The summed E-state index contributed by atoms with van der Waals surface area (Å²) < 4.78 is 11.4. The van der Waals surface area contributed by atoms with Gasteiger partial charge in [-0.3, -0.25) is 0 Å². The molecule has 1 fully saturated rings. The Morgan fingerprint density at radius 2 is 1.72 bits per heavy atom. The highest BCUT2D eigenvalue weighted by Crippen LogP contribution is 2.37. The van der Waals surface area contributed by atoms with Gasteiger partial charge in [0.1, 0.15) is 30.5 Å². The maximum atomic E-state index is 10.7. The number of benzene rings is 2. The van der Waals surface area contributed by atoms with Gasteiger partial charge in [-0.15, -0.1) is 6.58 Å². The Morgan fingerprint density at radius 3 is 2.34 bits per heavy atom. The molecule has 0 amide bonds. The molecular weight excluding hydrogens is 432 g/mol. The molecule has 4 N–H and O–H groups in total. The van der Waals surface area contributed by atoms with Crippen LogP contribution in [0, 0.1) is 0 Å². The number of hydrogen-bond donors (Lipinski definition) is 4. The smallest absolute Gasteiger partial charge is 0.113 e. The van der Waals surface area contributed by atoms with Crippen LogP contribution < -0.4 is 0 Å². The largest absolute Gasteiger partial charge is 0.394 e. The lowest BCUT2D eigenvalue weighted by Crippen LogP contribution is -2.55. The molecule has 0 spiro atoms. The van der Waals surface area contributed by atoms with E-state index >= 15 is 0 Å². The van der Waals surface area contributed by atoms with Gasteiger partial charge in [0, 0.05) is 5.02 Å². The Morgan fingerprint density at radius 1 is 1.03 bits per heavy atom. The van der Waals surface area contributed by atoms with Crippen LogP contribution in [0.4, 0.5) is 0 Å². The van der Waals surface area contributed by atoms with E-state index in [0.717, 1.165) is 17.5 Å². The summed E-state index contributed by atoms with van der Waals surface area (Å²) >= 11 is 6.60. The van der Waals surface area contributed by atoms with E-state index in [4.69, 9.17) is 21.1 Å². The summed E-state index contributed by atoms with van der Waals surface area (Å²) in [5, 5.41) is 41.2. The predicted octanol–water partition coefficient (Wildman–Crippen LogP) is 2.71. The molecule has 32 heavy (non-hydrogen) atoms. The molecule has 6 nitrogen and oxygen atoms in total. The molecule has 3 rings (SSSR count). The zero-order valence-electron chi connectivity index (χ0n) is 18.2. The molecule has 1 aliphatic rings. The average Bonchev–Trinajstić information content (AvgIpc) is 2.80. The van der Waals surface area contributed by atoms with Crippen molar-refractivity contribution in [1.29, 1.82) is 0 Å². The molecule has 1 saturated heterocycles. The lowest BCUT2D eigenvalue weighted by atomic mass is 9.87. The fourth-order valence-electron chi connectivity index (χ4n) is 3.93. The molecule has 7 heteroatoms. The minimum Gasteiger partial charge on any atom is -0.394 e. The fourth-order valence-corrected chi connectivity index (χ4v) is 4.18. The third kappa shape index (κ3) is 5.58. The van der Waals surface area contributed by atoms with E-state index in [1.54, 1.807) is 12.1 Å². The van der Waals surface area contributed by atoms with E-state index in [-0.39, 0.29) is 6.61 Å². The number of rotatable bonds is 9. The van der Waals surface area contributed by atoms with Gasteiger partial charge >= 0.3 is 0 Å². The Hall–Kier alpha value is -1.77. The highest BCUT2D eigenvalue weighted by molar-refractivity contribution is 6.31. The van der Waals surface area contributed by atoms with E-state index in [1.807, 2.05) is 6.07 Å². The average molecular weight is 463 g/mol. The standard InChI is InChI=1S/C25H31ClO6/c1-3-9-31-14-18-12-20(26)17(10-16-7-5-15(4-2)6-8-16)11-19(18)25-24(30)23(29)22(28)21(13-27)32-25/h3,5-8,11-12,21-25,27-30H,1,4,9-10,13-14H2,2H3/t21-,22-,23?,24-,25+/m1/s1. The molecule has 0 radical (unpaired) electrons. The zero-order chi connectivity index (χ0) is 23.3. The molecule has 2 aromatic rings. The Labute approximate surface area is 193 Å². The van der Waals surface area contributed by atoms with Crippen molar-refractivity contribution in [3.05, 3.63) is 81.9 Å². The number of ether oxygens (including phenoxy) is 2. The summed E-state index contributed by atoms with van der Waals surface area (Å²) in [6.07, 6.45) is -3.08. The normalized spacial score (nSPS) is 25.6. The summed E-state index contributed by atoms with van der Waals surface area (Å²) in [6.45, 7) is 5.78. The van der Waals surface area contributed by atoms with E-state index in [1.165, 1.54) is 5.56 Å². The van der Waals surface area contributed by atoms with Gasteiger partial charge in [0.15, 0.2) is 0 Å². The van der Waals surface area contributed by atoms with Crippen molar-refractivity contribution in [1.82, 2.24) is 0 Å². The number of halogens is 1. The quantitative estimate of drug-likeness (QED) is 0.338. The van der Waals surface area contributed by atoms with E-state index in [2.05, 4.69) is 37.8 Å². The third-order valence-corrected chi connectivity index (χ3v) is 6.18. The second-order valence-corrected chi connectivity index (χ2v) is 8.45. The van der Waals surface area contributed by atoms with Crippen molar-refractivity contribution in [3.8, 4) is 0 Å². The predicted molar refractivity (Wildman–Crippen MR) is 123 cm³/mol. The summed E-state index contributed by atoms with van der Waals surface area (Å²) in [5.74, 6) is 0. The first kappa shape index (κ1) is 24.9. The molecule has 1 unspecified atom stereocenters. The van der Waals surface area contributed by atoms with E-state index < -0.39 is 37.1 Å². The van der Waals surface area contributed by atoms with Gasteiger partial charge < -0.3 is 29.9 Å². The van der Waals surface area contributed by atoms with Crippen molar-refractivity contribution < 1.29 is 29.9 Å². The van der Waals surface area contributed by atoms with E-state index in [9.17, 15) is 20.4 Å². The van der Waals surface area contributed by atoms with E-state index in [0.29, 0.717) is 29.2 Å². The summed E-state index contributed by atoms with van der Waals surface area (Å²) in [5.41, 5.74) is 4.44. The van der Waals surface area contributed by atoms with Crippen LogP contribution in [0.5, 0.6) is 0 Å². The molecule has 0 saturated carbocycles. The van der Waals surface area contributed by atoms with Crippen LogP contribution in [0.15, 0.2) is 49.1 Å². The Kier molecular flexibility index (Phi) is 8.85. The van der Waals surface area contributed by atoms with Crippen molar-refractivity contribution in [3.63, 3.8) is 0 Å². The van der Waals surface area contributed by atoms with Crippen molar-refractivity contribution in [2.45, 2.75) is 56.9 Å². The minimum absolute atomic E-state index is 0.196. The summed E-state index contributed by atoms with van der Waals surface area (Å²) in [6, 6.07) is 11.9. The van der Waals surface area contributed by atoms with Crippen LogP contribution in [0.2, 0.25) is 5.02 Å². The third-order valence-electron chi connectivity index (χ3n) is 5.83. The van der Waals surface area contributed by atoms with Crippen molar-refractivity contribution in [2.24, 2.45) is 0 Å². The van der Waals surface area contributed by atoms with Crippen molar-refractivity contribution >= 4 is 11.6 Å². The molecule has 1 heterocycles. The van der Waals surface area contributed by atoms with Crippen LogP contribution in [0.3, 0.4) is 0 Å². The molecular formula is C25H31ClO6. The highest BCUT2D eigenvalue weighted by Gasteiger charge is 2.44. The zero-order valence-corrected chi connectivity index (χ0v) is 18.9. The van der Waals surface area contributed by atoms with Gasteiger partial charge in [-0.2, -0.15) is 0 Å². The van der Waals surface area contributed by atoms with Crippen LogP contribution >= 0.6 is 11.6 Å². The Balaban J connectivity index is 1.98. The maximum Gasteiger partial charge on any atom is 0.113 e. The summed E-state index contributed by atoms with van der Waals surface area (Å²) in [4.78, 5) is 0. The van der Waals surface area contributed by atoms with Gasteiger partial charge in [0.25, 0.3) is 0 Å². The van der Waals surface area contributed by atoms with Crippen LogP contribution in [-0.4, -0.2) is 58.1 Å². The molecule has 0 aliphatic carbocycles. The number of aliphatic hydroxyl groups is 4. The first-order chi connectivity index (χ1) is 15.4. The first-order valence-electron chi connectivity index (χ1n) is 10.8. The second-order valence-electron chi connectivity index (χ2n) is 8.04. The van der Waals surface area contributed by atoms with Crippen molar-refractivity contribution in [2.75, 3.05) is 13.2 Å².